The zero-order valence-corrected chi connectivity index (χ0v) is 9.85. The summed E-state index contributed by atoms with van der Waals surface area (Å²) in [5.41, 5.74) is -0.304. The van der Waals surface area contributed by atoms with E-state index in [0.29, 0.717) is 10.9 Å². The van der Waals surface area contributed by atoms with Crippen molar-refractivity contribution < 1.29 is 4.74 Å². The first-order valence-corrected chi connectivity index (χ1v) is 5.07. The van der Waals surface area contributed by atoms with Crippen LogP contribution in [0.3, 0.4) is 0 Å². The second-order valence-electron chi connectivity index (χ2n) is 3.51. The molecule has 0 saturated carbocycles. The number of aromatic nitrogens is 2. The van der Waals surface area contributed by atoms with E-state index in [2.05, 4.69) is 9.97 Å². The standard InChI is InChI=1S/C9H12Cl2N2O/c1-4-9(2,3)14-7-6(10)5-12-8(11)13-7/h5H,4H2,1-3H3. The molecule has 0 aliphatic carbocycles. The SMILES string of the molecule is CCC(C)(C)Oc1nc(Cl)ncc1Cl. The molecule has 1 rings (SSSR count). The van der Waals surface area contributed by atoms with Gasteiger partial charge in [0, 0.05) is 0 Å². The van der Waals surface area contributed by atoms with Crippen molar-refractivity contribution in [2.75, 3.05) is 0 Å². The Morgan fingerprint density at radius 2 is 2.07 bits per heavy atom. The molecule has 5 heteroatoms. The molecular formula is C9H12Cl2N2O. The van der Waals surface area contributed by atoms with E-state index in [1.807, 2.05) is 20.8 Å². The highest BCUT2D eigenvalue weighted by Crippen LogP contribution is 2.26. The highest BCUT2D eigenvalue weighted by molar-refractivity contribution is 6.32. The smallest absolute Gasteiger partial charge is 0.237 e. The van der Waals surface area contributed by atoms with Crippen LogP contribution in [0.15, 0.2) is 6.20 Å². The zero-order valence-electron chi connectivity index (χ0n) is 8.34. The van der Waals surface area contributed by atoms with Gasteiger partial charge < -0.3 is 4.74 Å². The average Bonchev–Trinajstić information content (AvgIpc) is 2.11. The Hall–Kier alpha value is -0.540. The number of hydrogen-bond acceptors (Lipinski definition) is 3. The van der Waals surface area contributed by atoms with Gasteiger partial charge in [0.15, 0.2) is 0 Å². The third kappa shape index (κ3) is 3.00. The molecule has 0 radical (unpaired) electrons. The number of hydrogen-bond donors (Lipinski definition) is 0. The summed E-state index contributed by atoms with van der Waals surface area (Å²) in [5, 5.41) is 0.507. The van der Waals surface area contributed by atoms with Crippen LogP contribution in [0.4, 0.5) is 0 Å². The molecule has 0 atom stereocenters. The monoisotopic (exact) mass is 234 g/mol. The van der Waals surface area contributed by atoms with Crippen molar-refractivity contribution in [1.29, 1.82) is 0 Å². The molecule has 0 spiro atoms. The molecule has 1 aromatic rings. The topological polar surface area (TPSA) is 35.0 Å². The lowest BCUT2D eigenvalue weighted by Crippen LogP contribution is -2.27. The summed E-state index contributed by atoms with van der Waals surface area (Å²) in [6.45, 7) is 5.94. The summed E-state index contributed by atoms with van der Waals surface area (Å²) in [5.74, 6) is 0.332. The van der Waals surface area contributed by atoms with E-state index < -0.39 is 0 Å². The fourth-order valence-electron chi connectivity index (χ4n) is 0.737. The zero-order chi connectivity index (χ0) is 10.8. The number of ether oxygens (including phenoxy) is 1. The Balaban J connectivity index is 2.91. The van der Waals surface area contributed by atoms with Gasteiger partial charge in [-0.25, -0.2) is 4.98 Å². The molecule has 0 aliphatic rings. The van der Waals surface area contributed by atoms with Gasteiger partial charge >= 0.3 is 0 Å². The Morgan fingerprint density at radius 3 is 2.64 bits per heavy atom. The highest BCUT2D eigenvalue weighted by Gasteiger charge is 2.19. The van der Waals surface area contributed by atoms with Crippen LogP contribution in [0.25, 0.3) is 0 Å². The van der Waals surface area contributed by atoms with Gasteiger partial charge in [0.25, 0.3) is 0 Å². The largest absolute Gasteiger partial charge is 0.470 e. The van der Waals surface area contributed by atoms with Crippen molar-refractivity contribution in [3.8, 4) is 5.88 Å². The molecule has 0 saturated heterocycles. The summed E-state index contributed by atoms with van der Waals surface area (Å²) in [4.78, 5) is 7.64. The van der Waals surface area contributed by atoms with Crippen molar-refractivity contribution in [3.63, 3.8) is 0 Å². The van der Waals surface area contributed by atoms with Gasteiger partial charge in [0.1, 0.15) is 10.6 Å². The fourth-order valence-corrected chi connectivity index (χ4v) is 0.992. The number of halogens is 2. The van der Waals surface area contributed by atoms with Crippen molar-refractivity contribution >= 4 is 23.2 Å². The van der Waals surface area contributed by atoms with Crippen molar-refractivity contribution in [3.05, 3.63) is 16.5 Å². The predicted molar refractivity (Wildman–Crippen MR) is 57.1 cm³/mol. The molecule has 3 nitrogen and oxygen atoms in total. The Morgan fingerprint density at radius 1 is 1.43 bits per heavy atom. The van der Waals surface area contributed by atoms with Crippen LogP contribution in [-0.2, 0) is 0 Å². The minimum Gasteiger partial charge on any atom is -0.470 e. The molecule has 0 aromatic carbocycles. The summed E-state index contributed by atoms with van der Waals surface area (Å²) < 4.78 is 5.60. The van der Waals surface area contributed by atoms with Crippen molar-refractivity contribution in [2.24, 2.45) is 0 Å². The van der Waals surface area contributed by atoms with E-state index >= 15 is 0 Å². The lowest BCUT2D eigenvalue weighted by atomic mass is 10.1. The van der Waals surface area contributed by atoms with Crippen LogP contribution in [0.1, 0.15) is 27.2 Å². The Bertz CT molecular complexity index is 329. The highest BCUT2D eigenvalue weighted by atomic mass is 35.5. The first-order chi connectivity index (χ1) is 6.44. The van der Waals surface area contributed by atoms with Gasteiger partial charge in [-0.1, -0.05) is 18.5 Å². The van der Waals surface area contributed by atoms with Crippen LogP contribution in [0, 0.1) is 0 Å². The molecule has 1 heterocycles. The molecule has 78 valence electrons. The summed E-state index contributed by atoms with van der Waals surface area (Å²) >= 11 is 11.5. The van der Waals surface area contributed by atoms with Gasteiger partial charge in [-0.05, 0) is 31.9 Å². The van der Waals surface area contributed by atoms with E-state index in [-0.39, 0.29) is 10.9 Å². The minimum atomic E-state index is -0.304. The van der Waals surface area contributed by atoms with Crippen LogP contribution in [-0.4, -0.2) is 15.6 Å². The maximum absolute atomic E-state index is 5.85. The maximum Gasteiger partial charge on any atom is 0.237 e. The summed E-state index contributed by atoms with van der Waals surface area (Å²) in [7, 11) is 0. The lowest BCUT2D eigenvalue weighted by Gasteiger charge is -2.24. The molecule has 0 aliphatic heterocycles. The van der Waals surface area contributed by atoms with Gasteiger partial charge in [0.2, 0.25) is 11.2 Å². The third-order valence-electron chi connectivity index (χ3n) is 1.91. The van der Waals surface area contributed by atoms with Crippen LogP contribution in [0.5, 0.6) is 5.88 Å². The van der Waals surface area contributed by atoms with E-state index in [4.69, 9.17) is 27.9 Å². The van der Waals surface area contributed by atoms with E-state index in [1.165, 1.54) is 6.20 Å². The predicted octanol–water partition coefficient (Wildman–Crippen LogP) is 3.35. The maximum atomic E-state index is 5.85. The Kier molecular flexibility index (Phi) is 3.56. The van der Waals surface area contributed by atoms with Crippen molar-refractivity contribution in [2.45, 2.75) is 32.8 Å². The molecule has 0 bridgehead atoms. The van der Waals surface area contributed by atoms with Gasteiger partial charge in [-0.15, -0.1) is 0 Å². The van der Waals surface area contributed by atoms with E-state index in [0.717, 1.165) is 6.42 Å². The van der Waals surface area contributed by atoms with Gasteiger partial charge in [-0.2, -0.15) is 4.98 Å². The Labute approximate surface area is 93.4 Å². The first kappa shape index (κ1) is 11.5. The molecule has 14 heavy (non-hydrogen) atoms. The van der Waals surface area contributed by atoms with Crippen LogP contribution < -0.4 is 4.74 Å². The first-order valence-electron chi connectivity index (χ1n) is 4.31. The molecule has 0 unspecified atom stereocenters. The quantitative estimate of drug-likeness (QED) is 0.753. The van der Waals surface area contributed by atoms with Crippen LogP contribution in [0.2, 0.25) is 10.3 Å². The molecule has 0 N–H and O–H groups in total. The number of rotatable bonds is 3. The fraction of sp³-hybridized carbons (Fsp3) is 0.556. The molecule has 0 amide bonds. The summed E-state index contributed by atoms with van der Waals surface area (Å²) in [6, 6.07) is 0. The second-order valence-corrected chi connectivity index (χ2v) is 4.25. The minimum absolute atomic E-state index is 0.135. The average molecular weight is 235 g/mol. The second kappa shape index (κ2) is 4.32. The van der Waals surface area contributed by atoms with Crippen LogP contribution >= 0.6 is 23.2 Å². The van der Waals surface area contributed by atoms with Gasteiger partial charge in [0.05, 0.1) is 6.20 Å². The number of nitrogens with zero attached hydrogens (tertiary/aromatic N) is 2. The molecule has 1 aromatic heterocycles. The lowest BCUT2D eigenvalue weighted by molar-refractivity contribution is 0.0990. The normalized spacial score (nSPS) is 11.5. The summed E-state index contributed by atoms with van der Waals surface area (Å²) in [6.07, 6.45) is 2.28. The molecular weight excluding hydrogens is 223 g/mol. The van der Waals surface area contributed by atoms with Crippen molar-refractivity contribution in [1.82, 2.24) is 9.97 Å². The van der Waals surface area contributed by atoms with E-state index in [1.54, 1.807) is 0 Å². The molecule has 0 fully saturated rings. The van der Waals surface area contributed by atoms with Gasteiger partial charge in [-0.3, -0.25) is 0 Å². The third-order valence-corrected chi connectivity index (χ3v) is 2.35. The van der Waals surface area contributed by atoms with E-state index in [9.17, 15) is 0 Å².